The summed E-state index contributed by atoms with van der Waals surface area (Å²) in [5, 5.41) is 7.91. The molecule has 9 heteroatoms. The van der Waals surface area contributed by atoms with Gasteiger partial charge in [0.2, 0.25) is 0 Å². The molecule has 2 aromatic carbocycles. The van der Waals surface area contributed by atoms with Gasteiger partial charge >= 0.3 is 18.3 Å². The van der Waals surface area contributed by atoms with Crippen LogP contribution in [0.15, 0.2) is 48.5 Å². The molecule has 1 aliphatic carbocycles. The van der Waals surface area contributed by atoms with Crippen molar-refractivity contribution in [2.24, 2.45) is 0 Å². The predicted octanol–water partition coefficient (Wildman–Crippen LogP) is 4.56. The topological polar surface area (TPSA) is 115 Å². The van der Waals surface area contributed by atoms with Gasteiger partial charge in [0.15, 0.2) is 0 Å². The first kappa shape index (κ1) is 26.8. The van der Waals surface area contributed by atoms with Crippen LogP contribution in [-0.4, -0.2) is 56.7 Å². The zero-order valence-electron chi connectivity index (χ0n) is 21.1. The van der Waals surface area contributed by atoms with Crippen molar-refractivity contribution in [3.8, 4) is 11.1 Å². The second-order valence-electron chi connectivity index (χ2n) is 9.45. The molecule has 0 spiro atoms. The van der Waals surface area contributed by atoms with Gasteiger partial charge in [-0.1, -0.05) is 48.5 Å². The van der Waals surface area contributed by atoms with E-state index in [0.29, 0.717) is 32.5 Å². The Kier molecular flexibility index (Phi) is 9.55. The van der Waals surface area contributed by atoms with Crippen LogP contribution in [0.4, 0.5) is 14.4 Å². The Bertz CT molecular complexity index is 1000. The highest BCUT2D eigenvalue weighted by molar-refractivity contribution is 5.79. The Labute approximate surface area is 211 Å². The van der Waals surface area contributed by atoms with Crippen molar-refractivity contribution in [2.45, 2.75) is 45.1 Å². The number of amides is 3. The summed E-state index contributed by atoms with van der Waals surface area (Å²) in [6.45, 7) is 6.83. The Balaban J connectivity index is 1.24. The summed E-state index contributed by atoms with van der Waals surface area (Å²) >= 11 is 0. The minimum absolute atomic E-state index is 0.00881. The number of benzene rings is 2. The number of carbonyl (C=O) groups is 3. The van der Waals surface area contributed by atoms with Crippen LogP contribution in [-0.2, 0) is 14.2 Å². The lowest BCUT2D eigenvalue weighted by atomic mass is 9.98. The van der Waals surface area contributed by atoms with Gasteiger partial charge in [-0.3, -0.25) is 0 Å². The minimum Gasteiger partial charge on any atom is -0.449 e. The van der Waals surface area contributed by atoms with Crippen LogP contribution in [0, 0.1) is 0 Å². The van der Waals surface area contributed by atoms with E-state index in [1.165, 1.54) is 11.1 Å². The van der Waals surface area contributed by atoms with Crippen molar-refractivity contribution in [3.05, 3.63) is 59.7 Å². The molecule has 0 bridgehead atoms. The highest BCUT2D eigenvalue weighted by Gasteiger charge is 2.28. The molecular formula is C27H35N3O6. The normalized spacial score (nSPS) is 12.2. The maximum atomic E-state index is 12.2. The first-order valence-electron chi connectivity index (χ1n) is 12.2. The molecule has 0 saturated carbocycles. The van der Waals surface area contributed by atoms with E-state index >= 15 is 0 Å². The van der Waals surface area contributed by atoms with Crippen LogP contribution < -0.4 is 16.0 Å². The summed E-state index contributed by atoms with van der Waals surface area (Å²) < 4.78 is 15.7. The van der Waals surface area contributed by atoms with E-state index in [1.807, 2.05) is 24.3 Å². The molecular weight excluding hydrogens is 462 g/mol. The molecule has 0 unspecified atom stereocenters. The summed E-state index contributed by atoms with van der Waals surface area (Å²) in [6.07, 6.45) is -0.545. The van der Waals surface area contributed by atoms with Crippen LogP contribution >= 0.6 is 0 Å². The second-order valence-corrected chi connectivity index (χ2v) is 9.45. The fourth-order valence-corrected chi connectivity index (χ4v) is 3.91. The molecule has 0 fully saturated rings. The molecule has 194 valence electrons. The van der Waals surface area contributed by atoms with Gasteiger partial charge in [-0.05, 0) is 55.9 Å². The molecule has 36 heavy (non-hydrogen) atoms. The average molecular weight is 498 g/mol. The van der Waals surface area contributed by atoms with Crippen LogP contribution in [0.25, 0.3) is 11.1 Å². The van der Waals surface area contributed by atoms with Crippen molar-refractivity contribution in [3.63, 3.8) is 0 Å². The van der Waals surface area contributed by atoms with E-state index in [9.17, 15) is 14.4 Å². The lowest BCUT2D eigenvalue weighted by molar-refractivity contribution is 0.0527. The smallest absolute Gasteiger partial charge is 0.407 e. The van der Waals surface area contributed by atoms with Gasteiger partial charge < -0.3 is 30.2 Å². The SMILES string of the molecule is CC(C)(C)OC(=O)NCCCNC(=O)OCCCNC(=O)OCC1c2ccccc2-c2ccccc21. The maximum Gasteiger partial charge on any atom is 0.407 e. The van der Waals surface area contributed by atoms with Gasteiger partial charge in [0, 0.05) is 25.6 Å². The molecule has 3 amide bonds. The molecule has 0 aromatic heterocycles. The van der Waals surface area contributed by atoms with Gasteiger partial charge in [-0.15, -0.1) is 0 Å². The van der Waals surface area contributed by atoms with Crippen molar-refractivity contribution < 1.29 is 28.6 Å². The van der Waals surface area contributed by atoms with E-state index in [-0.39, 0.29) is 19.1 Å². The first-order valence-corrected chi connectivity index (χ1v) is 12.2. The van der Waals surface area contributed by atoms with Gasteiger partial charge in [0.1, 0.15) is 12.2 Å². The van der Waals surface area contributed by atoms with Crippen molar-refractivity contribution in [2.75, 3.05) is 32.8 Å². The Morgan fingerprint density at radius 2 is 1.22 bits per heavy atom. The number of carbonyl (C=O) groups excluding carboxylic acids is 3. The fourth-order valence-electron chi connectivity index (χ4n) is 3.91. The van der Waals surface area contributed by atoms with Crippen LogP contribution in [0.2, 0.25) is 0 Å². The number of rotatable bonds is 10. The number of alkyl carbamates (subject to hydrolysis) is 3. The van der Waals surface area contributed by atoms with E-state index in [1.54, 1.807) is 20.8 Å². The monoisotopic (exact) mass is 497 g/mol. The lowest BCUT2D eigenvalue weighted by Gasteiger charge is -2.19. The highest BCUT2D eigenvalue weighted by Crippen LogP contribution is 2.44. The summed E-state index contributed by atoms with van der Waals surface area (Å²) in [6, 6.07) is 16.3. The van der Waals surface area contributed by atoms with Gasteiger partial charge in [0.05, 0.1) is 6.61 Å². The molecule has 9 nitrogen and oxygen atoms in total. The van der Waals surface area contributed by atoms with Crippen LogP contribution in [0.3, 0.4) is 0 Å². The number of fused-ring (bicyclic) bond motifs is 3. The van der Waals surface area contributed by atoms with Crippen LogP contribution in [0.1, 0.15) is 50.7 Å². The molecule has 0 saturated heterocycles. The number of hydrogen-bond acceptors (Lipinski definition) is 6. The highest BCUT2D eigenvalue weighted by atomic mass is 16.6. The molecule has 1 aliphatic rings. The third-order valence-corrected chi connectivity index (χ3v) is 5.46. The van der Waals surface area contributed by atoms with Gasteiger partial charge in [-0.25, -0.2) is 14.4 Å². The largest absolute Gasteiger partial charge is 0.449 e. The lowest BCUT2D eigenvalue weighted by Crippen LogP contribution is -2.34. The molecule has 0 heterocycles. The quantitative estimate of drug-likeness (QED) is 0.328. The number of nitrogens with one attached hydrogen (secondary N) is 3. The number of hydrogen-bond donors (Lipinski definition) is 3. The molecule has 2 aromatic rings. The maximum absolute atomic E-state index is 12.2. The summed E-state index contributed by atoms with van der Waals surface area (Å²) in [4.78, 5) is 35.4. The zero-order valence-corrected chi connectivity index (χ0v) is 21.1. The summed E-state index contributed by atoms with van der Waals surface area (Å²) in [5.41, 5.74) is 4.12. The summed E-state index contributed by atoms with van der Waals surface area (Å²) in [5.74, 6) is 0.00881. The van der Waals surface area contributed by atoms with E-state index in [4.69, 9.17) is 14.2 Å². The van der Waals surface area contributed by atoms with Crippen molar-refractivity contribution in [1.29, 1.82) is 0 Å². The van der Waals surface area contributed by atoms with E-state index in [2.05, 4.69) is 40.2 Å². The van der Waals surface area contributed by atoms with Gasteiger partial charge in [0.25, 0.3) is 0 Å². The Morgan fingerprint density at radius 1 is 0.722 bits per heavy atom. The third-order valence-electron chi connectivity index (χ3n) is 5.46. The Hall–Kier alpha value is -3.75. The van der Waals surface area contributed by atoms with E-state index in [0.717, 1.165) is 11.1 Å². The average Bonchev–Trinajstić information content (AvgIpc) is 3.15. The van der Waals surface area contributed by atoms with E-state index < -0.39 is 23.9 Å². The van der Waals surface area contributed by atoms with Crippen LogP contribution in [0.5, 0.6) is 0 Å². The molecule has 3 N–H and O–H groups in total. The predicted molar refractivity (Wildman–Crippen MR) is 136 cm³/mol. The zero-order chi connectivity index (χ0) is 26.0. The molecule has 0 radical (unpaired) electrons. The van der Waals surface area contributed by atoms with Crippen molar-refractivity contribution >= 4 is 18.3 Å². The third kappa shape index (κ3) is 8.18. The Morgan fingerprint density at radius 3 is 1.81 bits per heavy atom. The van der Waals surface area contributed by atoms with Crippen molar-refractivity contribution in [1.82, 2.24) is 16.0 Å². The summed E-state index contributed by atoms with van der Waals surface area (Å²) in [7, 11) is 0. The minimum atomic E-state index is -0.549. The molecule has 3 rings (SSSR count). The second kappa shape index (κ2) is 12.8. The van der Waals surface area contributed by atoms with Gasteiger partial charge in [-0.2, -0.15) is 0 Å². The molecule has 0 atom stereocenters. The molecule has 0 aliphatic heterocycles. The number of ether oxygens (including phenoxy) is 3. The fraction of sp³-hybridized carbons (Fsp3) is 0.444. The standard InChI is InChI=1S/C27H35N3O6/c1-27(2,3)36-26(33)30-15-8-14-28-24(31)34-17-9-16-29-25(32)35-18-23-21-12-6-4-10-19(21)20-11-5-7-13-22(20)23/h4-7,10-13,23H,8-9,14-18H2,1-3H3,(H,28,31)(H,29,32)(H,30,33). The first-order chi connectivity index (χ1) is 17.2.